The van der Waals surface area contributed by atoms with E-state index in [1.165, 1.54) is 0 Å². The number of nitrogens with one attached hydrogen (secondary N) is 2. The molecule has 1 heterocycles. The zero-order valence-corrected chi connectivity index (χ0v) is 10.8. The Hall–Kier alpha value is -1.01. The Morgan fingerprint density at radius 1 is 1.50 bits per heavy atom. The number of nitrogens with zero attached hydrogens (tertiary/aromatic N) is 2. The molecule has 0 fully saturated rings. The molecule has 0 saturated carbocycles. The summed E-state index contributed by atoms with van der Waals surface area (Å²) in [6.07, 6.45) is 3.22. The van der Waals surface area contributed by atoms with Gasteiger partial charge in [0, 0.05) is 17.8 Å². The lowest BCUT2D eigenvalue weighted by molar-refractivity contribution is 0.765. The summed E-state index contributed by atoms with van der Waals surface area (Å²) in [6, 6.07) is 2.31. The van der Waals surface area contributed by atoms with Crippen LogP contribution in [0.1, 0.15) is 19.0 Å². The molecule has 1 atom stereocenters. The summed E-state index contributed by atoms with van der Waals surface area (Å²) in [5, 5.41) is 3.33. The first-order valence-electron chi connectivity index (χ1n) is 5.23. The van der Waals surface area contributed by atoms with Gasteiger partial charge in [-0.1, -0.05) is 0 Å². The first-order valence-corrected chi connectivity index (χ1v) is 6.63. The largest absolute Gasteiger partial charge is 0.367 e. The van der Waals surface area contributed by atoms with E-state index in [1.807, 2.05) is 24.8 Å². The van der Waals surface area contributed by atoms with Crippen LogP contribution in [-0.4, -0.2) is 28.0 Å². The molecule has 1 aromatic heterocycles. The minimum atomic E-state index is 0.396. The van der Waals surface area contributed by atoms with Gasteiger partial charge >= 0.3 is 0 Å². The van der Waals surface area contributed by atoms with Gasteiger partial charge < -0.3 is 5.32 Å². The maximum atomic E-state index is 5.29. The maximum Gasteiger partial charge on any atom is 0.239 e. The molecular formula is C10H19N5S. The van der Waals surface area contributed by atoms with Crippen LogP contribution in [0.2, 0.25) is 0 Å². The molecule has 0 spiro atoms. The normalized spacial score (nSPS) is 12.2. The Labute approximate surface area is 101 Å². The van der Waals surface area contributed by atoms with Crippen molar-refractivity contribution < 1.29 is 0 Å². The van der Waals surface area contributed by atoms with Gasteiger partial charge in [-0.05, 0) is 32.3 Å². The second kappa shape index (κ2) is 6.55. The summed E-state index contributed by atoms with van der Waals surface area (Å²) in [5.41, 5.74) is 3.35. The van der Waals surface area contributed by atoms with E-state index in [4.69, 9.17) is 5.84 Å². The molecule has 1 unspecified atom stereocenters. The van der Waals surface area contributed by atoms with E-state index in [0.717, 1.165) is 23.7 Å². The van der Waals surface area contributed by atoms with Gasteiger partial charge in [0.25, 0.3) is 0 Å². The smallest absolute Gasteiger partial charge is 0.239 e. The Morgan fingerprint density at radius 3 is 2.88 bits per heavy atom. The zero-order valence-electron chi connectivity index (χ0n) is 9.95. The highest BCUT2D eigenvalue weighted by Gasteiger charge is 2.05. The van der Waals surface area contributed by atoms with Crippen molar-refractivity contribution in [3.8, 4) is 0 Å². The van der Waals surface area contributed by atoms with Gasteiger partial charge in [-0.3, -0.25) is 5.43 Å². The molecule has 16 heavy (non-hydrogen) atoms. The van der Waals surface area contributed by atoms with Gasteiger partial charge in [-0.25, -0.2) is 10.8 Å². The quantitative estimate of drug-likeness (QED) is 0.519. The fourth-order valence-corrected chi connectivity index (χ4v) is 1.92. The van der Waals surface area contributed by atoms with Crippen molar-refractivity contribution in [2.75, 3.05) is 22.8 Å². The Bertz CT molecular complexity index is 331. The topological polar surface area (TPSA) is 75.9 Å². The molecule has 0 aliphatic heterocycles. The SMILES string of the molecule is CSCCC(C)Nc1cc(C)nc(NN)n1. The van der Waals surface area contributed by atoms with E-state index >= 15 is 0 Å². The lowest BCUT2D eigenvalue weighted by Gasteiger charge is -2.14. The minimum Gasteiger partial charge on any atom is -0.367 e. The Morgan fingerprint density at radius 2 is 2.25 bits per heavy atom. The summed E-state index contributed by atoms with van der Waals surface area (Å²) in [7, 11) is 0. The van der Waals surface area contributed by atoms with Crippen LogP contribution in [0.15, 0.2) is 6.07 Å². The van der Waals surface area contributed by atoms with Crippen molar-refractivity contribution in [1.82, 2.24) is 9.97 Å². The highest BCUT2D eigenvalue weighted by atomic mass is 32.2. The lowest BCUT2D eigenvalue weighted by atomic mass is 10.2. The van der Waals surface area contributed by atoms with E-state index in [-0.39, 0.29) is 0 Å². The molecule has 0 radical (unpaired) electrons. The number of hydrogen-bond donors (Lipinski definition) is 3. The van der Waals surface area contributed by atoms with E-state index < -0.39 is 0 Å². The Balaban J connectivity index is 2.61. The summed E-state index contributed by atoms with van der Waals surface area (Å²) >= 11 is 1.85. The molecule has 1 aromatic rings. The van der Waals surface area contributed by atoms with Gasteiger partial charge in [0.15, 0.2) is 0 Å². The average molecular weight is 241 g/mol. The van der Waals surface area contributed by atoms with Crippen LogP contribution in [0.25, 0.3) is 0 Å². The number of rotatable bonds is 6. The Kier molecular flexibility index (Phi) is 5.34. The molecule has 0 bridgehead atoms. The van der Waals surface area contributed by atoms with Crippen LogP contribution in [0, 0.1) is 6.92 Å². The number of thioether (sulfide) groups is 1. The molecule has 0 amide bonds. The second-order valence-corrected chi connectivity index (χ2v) is 4.67. The second-order valence-electron chi connectivity index (χ2n) is 3.69. The third-order valence-corrected chi connectivity index (χ3v) is 2.78. The van der Waals surface area contributed by atoms with Crippen LogP contribution < -0.4 is 16.6 Å². The predicted octanol–water partition coefficient (Wildman–Crippen LogP) is 1.62. The van der Waals surface area contributed by atoms with Crippen molar-refractivity contribution in [1.29, 1.82) is 0 Å². The van der Waals surface area contributed by atoms with Gasteiger partial charge in [-0.15, -0.1) is 0 Å². The van der Waals surface area contributed by atoms with Crippen LogP contribution in [0.4, 0.5) is 11.8 Å². The molecule has 5 nitrogen and oxygen atoms in total. The van der Waals surface area contributed by atoms with E-state index in [1.54, 1.807) is 0 Å². The fourth-order valence-electron chi connectivity index (χ4n) is 1.33. The molecule has 0 aromatic carbocycles. The summed E-state index contributed by atoms with van der Waals surface area (Å²) in [4.78, 5) is 8.37. The molecule has 0 aliphatic rings. The van der Waals surface area contributed by atoms with Gasteiger partial charge in [0.1, 0.15) is 5.82 Å². The van der Waals surface area contributed by atoms with Crippen LogP contribution >= 0.6 is 11.8 Å². The first-order chi connectivity index (χ1) is 7.65. The van der Waals surface area contributed by atoms with E-state index in [9.17, 15) is 0 Å². The van der Waals surface area contributed by atoms with Crippen molar-refractivity contribution in [2.45, 2.75) is 26.3 Å². The zero-order chi connectivity index (χ0) is 12.0. The molecule has 1 rings (SSSR count). The number of nitrogens with two attached hydrogens (primary N) is 1. The first kappa shape index (κ1) is 13.1. The number of hydrogen-bond acceptors (Lipinski definition) is 6. The van der Waals surface area contributed by atoms with Gasteiger partial charge in [0.2, 0.25) is 5.95 Å². The molecule has 90 valence electrons. The lowest BCUT2D eigenvalue weighted by Crippen LogP contribution is -2.18. The molecule has 0 aliphatic carbocycles. The van der Waals surface area contributed by atoms with E-state index in [0.29, 0.717) is 12.0 Å². The summed E-state index contributed by atoms with van der Waals surface area (Å²) < 4.78 is 0. The number of aromatic nitrogens is 2. The number of hydrazine groups is 1. The van der Waals surface area contributed by atoms with Crippen molar-refractivity contribution in [2.24, 2.45) is 5.84 Å². The number of anilines is 2. The monoisotopic (exact) mass is 241 g/mol. The molecule has 4 N–H and O–H groups in total. The summed E-state index contributed by atoms with van der Waals surface area (Å²) in [5.74, 6) is 7.69. The number of nitrogen functional groups attached to an aromatic ring is 1. The van der Waals surface area contributed by atoms with Crippen LogP contribution in [0.3, 0.4) is 0 Å². The molecule has 0 saturated heterocycles. The average Bonchev–Trinajstić information content (AvgIpc) is 2.25. The third kappa shape index (κ3) is 4.24. The van der Waals surface area contributed by atoms with Gasteiger partial charge in [-0.2, -0.15) is 16.7 Å². The highest BCUT2D eigenvalue weighted by Crippen LogP contribution is 2.11. The van der Waals surface area contributed by atoms with Crippen molar-refractivity contribution in [3.05, 3.63) is 11.8 Å². The van der Waals surface area contributed by atoms with Crippen LogP contribution in [-0.2, 0) is 0 Å². The standard InChI is InChI=1S/C10H19N5S/c1-7(4-5-16-3)12-9-6-8(2)13-10(14-9)15-11/h6-7H,4-5,11H2,1-3H3,(H2,12,13,14,15). The molecular weight excluding hydrogens is 222 g/mol. The summed E-state index contributed by atoms with van der Waals surface area (Å²) in [6.45, 7) is 4.06. The van der Waals surface area contributed by atoms with E-state index in [2.05, 4.69) is 33.9 Å². The molecule has 6 heteroatoms. The van der Waals surface area contributed by atoms with Crippen molar-refractivity contribution >= 4 is 23.5 Å². The minimum absolute atomic E-state index is 0.396. The van der Waals surface area contributed by atoms with Crippen LogP contribution in [0.5, 0.6) is 0 Å². The van der Waals surface area contributed by atoms with Crippen molar-refractivity contribution in [3.63, 3.8) is 0 Å². The maximum absolute atomic E-state index is 5.29. The van der Waals surface area contributed by atoms with Gasteiger partial charge in [0.05, 0.1) is 0 Å². The fraction of sp³-hybridized carbons (Fsp3) is 0.600. The number of aryl methyl sites for hydroxylation is 1. The highest BCUT2D eigenvalue weighted by molar-refractivity contribution is 7.98. The predicted molar refractivity (Wildman–Crippen MR) is 70.7 cm³/mol. The third-order valence-electron chi connectivity index (χ3n) is 2.13.